The molecular formula is C16H30S2. The average molecular weight is 287 g/mol. The monoisotopic (exact) mass is 286 g/mol. The van der Waals surface area contributed by atoms with E-state index in [9.17, 15) is 0 Å². The second kappa shape index (κ2) is 7.47. The molecule has 2 unspecified atom stereocenters. The van der Waals surface area contributed by atoms with E-state index >= 15 is 0 Å². The second-order valence-electron chi connectivity index (χ2n) is 6.92. The third-order valence-electron chi connectivity index (χ3n) is 4.31. The van der Waals surface area contributed by atoms with Gasteiger partial charge < -0.3 is 0 Å². The van der Waals surface area contributed by atoms with Gasteiger partial charge in [-0.2, -0.15) is 23.5 Å². The summed E-state index contributed by atoms with van der Waals surface area (Å²) in [5.41, 5.74) is 0.603. The van der Waals surface area contributed by atoms with Gasteiger partial charge in [0, 0.05) is 22.0 Å². The number of hydrogen-bond acceptors (Lipinski definition) is 2. The van der Waals surface area contributed by atoms with Crippen LogP contribution in [0.2, 0.25) is 0 Å². The Morgan fingerprint density at radius 3 is 1.89 bits per heavy atom. The van der Waals surface area contributed by atoms with Gasteiger partial charge in [0.2, 0.25) is 0 Å². The van der Waals surface area contributed by atoms with Crippen molar-refractivity contribution in [2.75, 3.05) is 11.5 Å². The van der Waals surface area contributed by atoms with Gasteiger partial charge in [-0.1, -0.05) is 46.0 Å². The van der Waals surface area contributed by atoms with Crippen molar-refractivity contribution >= 4 is 23.5 Å². The Morgan fingerprint density at radius 1 is 0.778 bits per heavy atom. The largest absolute Gasteiger partial charge is 0.157 e. The van der Waals surface area contributed by atoms with Gasteiger partial charge in [0.15, 0.2) is 0 Å². The molecule has 0 bridgehead atoms. The van der Waals surface area contributed by atoms with Gasteiger partial charge in [0.1, 0.15) is 0 Å². The first kappa shape index (κ1) is 15.1. The molecule has 0 aliphatic carbocycles. The van der Waals surface area contributed by atoms with Crippen LogP contribution in [0.15, 0.2) is 0 Å². The first-order chi connectivity index (χ1) is 8.66. The molecule has 0 saturated carbocycles. The van der Waals surface area contributed by atoms with E-state index in [1.807, 2.05) is 0 Å². The Labute approximate surface area is 122 Å². The molecule has 18 heavy (non-hydrogen) atoms. The molecule has 2 atom stereocenters. The molecule has 0 amide bonds. The quantitative estimate of drug-likeness (QED) is 0.350. The van der Waals surface area contributed by atoms with Crippen molar-refractivity contribution in [1.82, 2.24) is 0 Å². The van der Waals surface area contributed by atoms with E-state index in [4.69, 9.17) is 0 Å². The van der Waals surface area contributed by atoms with Crippen molar-refractivity contribution in [2.24, 2.45) is 5.41 Å². The molecule has 0 aromatic carbocycles. The molecule has 0 radical (unpaired) electrons. The lowest BCUT2D eigenvalue weighted by Crippen LogP contribution is -2.11. The maximum absolute atomic E-state index is 2.48. The van der Waals surface area contributed by atoms with Crippen molar-refractivity contribution in [3.63, 3.8) is 0 Å². The zero-order chi connectivity index (χ0) is 12.8. The van der Waals surface area contributed by atoms with E-state index in [1.165, 1.54) is 69.3 Å². The number of thioether (sulfide) groups is 2. The Hall–Kier alpha value is 0.700. The number of unbranched alkanes of at least 4 members (excludes halogenated alkanes) is 3. The molecular weight excluding hydrogens is 256 g/mol. The van der Waals surface area contributed by atoms with Crippen LogP contribution in [0.3, 0.4) is 0 Å². The summed E-state index contributed by atoms with van der Waals surface area (Å²) < 4.78 is 0. The number of hydrogen-bond donors (Lipinski definition) is 0. The topological polar surface area (TPSA) is 0 Å². The van der Waals surface area contributed by atoms with Gasteiger partial charge in [0.25, 0.3) is 0 Å². The van der Waals surface area contributed by atoms with Gasteiger partial charge in [-0.3, -0.25) is 0 Å². The lowest BCUT2D eigenvalue weighted by molar-refractivity contribution is 0.284. The molecule has 2 saturated heterocycles. The highest BCUT2D eigenvalue weighted by Gasteiger charge is 2.24. The summed E-state index contributed by atoms with van der Waals surface area (Å²) in [6.45, 7) is 4.96. The Kier molecular flexibility index (Phi) is 6.27. The SMILES string of the molecule is CC(C)(CCCCCCC1CS1)CCCC1CS1. The average Bonchev–Trinajstić information content (AvgIpc) is 3.15. The molecule has 0 spiro atoms. The summed E-state index contributed by atoms with van der Waals surface area (Å²) in [5.74, 6) is 2.89. The minimum absolute atomic E-state index is 0.603. The third-order valence-corrected chi connectivity index (χ3v) is 6.39. The zero-order valence-electron chi connectivity index (χ0n) is 12.2. The highest BCUT2D eigenvalue weighted by Crippen LogP contribution is 2.37. The third kappa shape index (κ3) is 7.33. The van der Waals surface area contributed by atoms with Crippen molar-refractivity contribution in [1.29, 1.82) is 0 Å². The molecule has 2 heteroatoms. The lowest BCUT2D eigenvalue weighted by atomic mass is 9.82. The zero-order valence-corrected chi connectivity index (χ0v) is 13.9. The molecule has 2 fully saturated rings. The Morgan fingerprint density at radius 2 is 1.28 bits per heavy atom. The normalized spacial score (nSPS) is 26.3. The van der Waals surface area contributed by atoms with Crippen molar-refractivity contribution < 1.29 is 0 Å². The van der Waals surface area contributed by atoms with Crippen LogP contribution in [0.25, 0.3) is 0 Å². The maximum Gasteiger partial charge on any atom is 0.0138 e. The van der Waals surface area contributed by atoms with Crippen LogP contribution >= 0.6 is 23.5 Å². The van der Waals surface area contributed by atoms with Crippen molar-refractivity contribution in [3.05, 3.63) is 0 Å². The van der Waals surface area contributed by atoms with Gasteiger partial charge in [-0.15, -0.1) is 0 Å². The first-order valence-corrected chi connectivity index (χ1v) is 9.99. The van der Waals surface area contributed by atoms with Crippen LogP contribution < -0.4 is 0 Å². The van der Waals surface area contributed by atoms with Crippen LogP contribution in [0.1, 0.15) is 71.6 Å². The van der Waals surface area contributed by atoms with E-state index in [-0.39, 0.29) is 0 Å². The fourth-order valence-electron chi connectivity index (χ4n) is 2.73. The second-order valence-corrected chi connectivity index (χ2v) is 9.59. The molecule has 0 N–H and O–H groups in total. The predicted molar refractivity (Wildman–Crippen MR) is 87.8 cm³/mol. The van der Waals surface area contributed by atoms with Gasteiger partial charge in [-0.25, -0.2) is 0 Å². The summed E-state index contributed by atoms with van der Waals surface area (Å²) >= 11 is 4.30. The molecule has 106 valence electrons. The van der Waals surface area contributed by atoms with Gasteiger partial charge in [-0.05, 0) is 31.1 Å². The van der Waals surface area contributed by atoms with Crippen LogP contribution in [0, 0.1) is 5.41 Å². The van der Waals surface area contributed by atoms with Crippen LogP contribution in [-0.2, 0) is 0 Å². The minimum Gasteiger partial charge on any atom is -0.157 e. The Bertz CT molecular complexity index is 229. The van der Waals surface area contributed by atoms with E-state index in [1.54, 1.807) is 0 Å². The van der Waals surface area contributed by atoms with Crippen molar-refractivity contribution in [3.8, 4) is 0 Å². The molecule has 0 nitrogen and oxygen atoms in total. The molecule has 2 aliphatic heterocycles. The van der Waals surface area contributed by atoms with E-state index in [0.717, 1.165) is 10.5 Å². The van der Waals surface area contributed by atoms with Crippen LogP contribution in [-0.4, -0.2) is 22.0 Å². The summed E-state index contributed by atoms with van der Waals surface area (Å²) in [6.07, 6.45) is 13.2. The van der Waals surface area contributed by atoms with Crippen molar-refractivity contribution in [2.45, 2.75) is 82.1 Å². The smallest absolute Gasteiger partial charge is 0.0138 e. The summed E-state index contributed by atoms with van der Waals surface area (Å²) in [4.78, 5) is 0. The van der Waals surface area contributed by atoms with Crippen LogP contribution in [0.4, 0.5) is 0 Å². The highest BCUT2D eigenvalue weighted by atomic mass is 32.2. The molecule has 2 aliphatic rings. The standard InChI is InChI=1S/C16H30S2/c1-16(2,11-7-9-15-13-18-15)10-6-4-3-5-8-14-12-17-14/h14-15H,3-13H2,1-2H3. The molecule has 2 heterocycles. The summed E-state index contributed by atoms with van der Waals surface area (Å²) in [6, 6.07) is 0. The molecule has 0 aromatic rings. The predicted octanol–water partition coefficient (Wildman–Crippen LogP) is 5.75. The van der Waals surface area contributed by atoms with E-state index in [2.05, 4.69) is 37.4 Å². The van der Waals surface area contributed by atoms with Gasteiger partial charge >= 0.3 is 0 Å². The summed E-state index contributed by atoms with van der Waals surface area (Å²) in [7, 11) is 0. The van der Waals surface area contributed by atoms with E-state index < -0.39 is 0 Å². The first-order valence-electron chi connectivity index (χ1n) is 7.89. The number of rotatable bonds is 11. The van der Waals surface area contributed by atoms with Crippen LogP contribution in [0.5, 0.6) is 0 Å². The minimum atomic E-state index is 0.603. The van der Waals surface area contributed by atoms with E-state index in [0.29, 0.717) is 5.41 Å². The Balaban J connectivity index is 1.39. The summed E-state index contributed by atoms with van der Waals surface area (Å²) in [5, 5.41) is 2.10. The molecule has 0 aromatic heterocycles. The van der Waals surface area contributed by atoms with Gasteiger partial charge in [0.05, 0.1) is 0 Å². The fraction of sp³-hybridized carbons (Fsp3) is 1.00. The highest BCUT2D eigenvalue weighted by molar-refractivity contribution is 8.07. The maximum atomic E-state index is 2.48. The fourth-order valence-corrected chi connectivity index (χ4v) is 4.00. The molecule has 2 rings (SSSR count). The lowest BCUT2D eigenvalue weighted by Gasteiger charge is -2.24.